The number of fused-ring (bicyclic) bond motifs is 1. The fourth-order valence-corrected chi connectivity index (χ4v) is 4.06. The molecule has 0 saturated heterocycles. The molecular formula is C18H25ClO4. The van der Waals surface area contributed by atoms with Crippen molar-refractivity contribution in [2.75, 3.05) is 13.2 Å². The summed E-state index contributed by atoms with van der Waals surface area (Å²) < 4.78 is 10.6. The molecule has 2 aliphatic rings. The summed E-state index contributed by atoms with van der Waals surface area (Å²) in [5, 5.41) is -0.0732. The molecule has 0 amide bonds. The lowest BCUT2D eigenvalue weighted by atomic mass is 9.59. The zero-order valence-corrected chi connectivity index (χ0v) is 14.6. The highest BCUT2D eigenvalue weighted by atomic mass is 35.5. The molecule has 0 N–H and O–H groups in total. The van der Waals surface area contributed by atoms with Crippen molar-refractivity contribution in [2.24, 2.45) is 17.3 Å². The van der Waals surface area contributed by atoms with Crippen molar-refractivity contribution < 1.29 is 19.1 Å². The monoisotopic (exact) mass is 340 g/mol. The van der Waals surface area contributed by atoms with Crippen molar-refractivity contribution >= 4 is 23.5 Å². The first-order valence-electron chi connectivity index (χ1n) is 8.29. The maximum atomic E-state index is 12.8. The first-order chi connectivity index (χ1) is 11.0. The standard InChI is InChI=1S/C18H25ClO4/c1-4-22-16(20)18(17(21)23-5-2)11-12(3)10-13-6-7-14(19)8-9-15(13)18/h6-7,13-15H,3-5,8-11H2,1-2H3/t13-,14-,15-/m1/s1. The molecule has 0 bridgehead atoms. The minimum Gasteiger partial charge on any atom is -0.465 e. The molecule has 2 aliphatic carbocycles. The van der Waals surface area contributed by atoms with Crippen LogP contribution in [0.25, 0.3) is 0 Å². The Morgan fingerprint density at radius 3 is 2.39 bits per heavy atom. The lowest BCUT2D eigenvalue weighted by Crippen LogP contribution is -2.52. The number of hydrogen-bond acceptors (Lipinski definition) is 4. The van der Waals surface area contributed by atoms with Gasteiger partial charge in [-0.25, -0.2) is 0 Å². The van der Waals surface area contributed by atoms with Crippen LogP contribution in [0, 0.1) is 17.3 Å². The van der Waals surface area contributed by atoms with Crippen LogP contribution in [0.5, 0.6) is 0 Å². The molecule has 0 aromatic carbocycles. The third kappa shape index (κ3) is 3.47. The Morgan fingerprint density at radius 2 is 1.83 bits per heavy atom. The van der Waals surface area contributed by atoms with Crippen LogP contribution in [-0.4, -0.2) is 30.5 Å². The van der Waals surface area contributed by atoms with Crippen LogP contribution < -0.4 is 0 Å². The highest BCUT2D eigenvalue weighted by molar-refractivity contribution is 6.21. The number of halogens is 1. The van der Waals surface area contributed by atoms with Crippen LogP contribution in [0.4, 0.5) is 0 Å². The number of hydrogen-bond donors (Lipinski definition) is 0. The Hall–Kier alpha value is -1.29. The van der Waals surface area contributed by atoms with Gasteiger partial charge in [0.25, 0.3) is 0 Å². The van der Waals surface area contributed by atoms with Gasteiger partial charge in [0, 0.05) is 0 Å². The van der Waals surface area contributed by atoms with Gasteiger partial charge in [0.1, 0.15) is 0 Å². The van der Waals surface area contributed by atoms with Crippen molar-refractivity contribution in [1.82, 2.24) is 0 Å². The maximum Gasteiger partial charge on any atom is 0.324 e. The molecule has 4 nitrogen and oxygen atoms in total. The summed E-state index contributed by atoms with van der Waals surface area (Å²) in [6, 6.07) is 0. The van der Waals surface area contributed by atoms with Crippen LogP contribution in [0.2, 0.25) is 0 Å². The minimum atomic E-state index is -1.29. The van der Waals surface area contributed by atoms with E-state index in [0.717, 1.165) is 18.4 Å². The second-order valence-electron chi connectivity index (χ2n) is 6.29. The molecule has 0 spiro atoms. The lowest BCUT2D eigenvalue weighted by molar-refractivity contribution is -0.180. The smallest absolute Gasteiger partial charge is 0.324 e. The molecule has 2 rings (SSSR count). The van der Waals surface area contributed by atoms with Crippen LogP contribution in [0.1, 0.15) is 39.5 Å². The van der Waals surface area contributed by atoms with E-state index in [4.69, 9.17) is 21.1 Å². The molecule has 0 aromatic heterocycles. The molecular weight excluding hydrogens is 316 g/mol. The molecule has 128 valence electrons. The number of esters is 2. The second-order valence-corrected chi connectivity index (χ2v) is 6.85. The molecule has 23 heavy (non-hydrogen) atoms. The number of ether oxygens (including phenoxy) is 2. The second kappa shape index (κ2) is 7.52. The summed E-state index contributed by atoms with van der Waals surface area (Å²) in [6.07, 6.45) is 6.49. The van der Waals surface area contributed by atoms with Gasteiger partial charge in [-0.1, -0.05) is 24.3 Å². The molecule has 0 aliphatic heterocycles. The number of carbonyl (C=O) groups is 2. The number of rotatable bonds is 4. The summed E-state index contributed by atoms with van der Waals surface area (Å²) in [4.78, 5) is 25.6. The SMILES string of the molecule is C=C1C[C@H]2C=C[C@@H](Cl)CC[C@H]2C(C(=O)OCC)(C(=O)OCC)C1. The summed E-state index contributed by atoms with van der Waals surface area (Å²) >= 11 is 6.26. The highest BCUT2D eigenvalue weighted by Gasteiger charge is 2.58. The van der Waals surface area contributed by atoms with Crippen molar-refractivity contribution in [3.8, 4) is 0 Å². The molecule has 1 saturated carbocycles. The average Bonchev–Trinajstić information content (AvgIpc) is 2.69. The summed E-state index contributed by atoms with van der Waals surface area (Å²) in [5.41, 5.74) is -0.415. The summed E-state index contributed by atoms with van der Waals surface area (Å²) in [5.74, 6) is -1.08. The van der Waals surface area contributed by atoms with Gasteiger partial charge in [-0.3, -0.25) is 9.59 Å². The number of allylic oxidation sites excluding steroid dienone is 3. The van der Waals surface area contributed by atoms with E-state index in [1.165, 1.54) is 0 Å². The number of carbonyl (C=O) groups excluding carboxylic acids is 2. The molecule has 0 radical (unpaired) electrons. The Labute approximate surface area is 142 Å². The fourth-order valence-electron chi connectivity index (χ4n) is 3.85. The molecule has 0 aromatic rings. The van der Waals surface area contributed by atoms with Gasteiger partial charge in [0.05, 0.1) is 18.6 Å². The minimum absolute atomic E-state index is 0.0637. The average molecular weight is 341 g/mol. The van der Waals surface area contributed by atoms with E-state index in [-0.39, 0.29) is 30.4 Å². The van der Waals surface area contributed by atoms with Gasteiger partial charge < -0.3 is 9.47 Å². The summed E-state index contributed by atoms with van der Waals surface area (Å²) in [7, 11) is 0. The van der Waals surface area contributed by atoms with Gasteiger partial charge in [-0.2, -0.15) is 0 Å². The van der Waals surface area contributed by atoms with Gasteiger partial charge >= 0.3 is 11.9 Å². The van der Waals surface area contributed by atoms with Crippen molar-refractivity contribution in [2.45, 2.75) is 44.9 Å². The first-order valence-corrected chi connectivity index (χ1v) is 8.72. The first kappa shape index (κ1) is 18.1. The Kier molecular flexibility index (Phi) is 5.90. The van der Waals surface area contributed by atoms with E-state index < -0.39 is 17.4 Å². The fraction of sp³-hybridized carbons (Fsp3) is 0.667. The van der Waals surface area contributed by atoms with Crippen LogP contribution >= 0.6 is 11.6 Å². The maximum absolute atomic E-state index is 12.8. The number of alkyl halides is 1. The predicted molar refractivity (Wildman–Crippen MR) is 89.1 cm³/mol. The predicted octanol–water partition coefficient (Wildman–Crippen LogP) is 3.64. The third-order valence-corrected chi connectivity index (χ3v) is 5.17. The summed E-state index contributed by atoms with van der Waals surface area (Å²) in [6.45, 7) is 8.01. The molecule has 3 atom stereocenters. The Bertz CT molecular complexity index is 493. The molecule has 0 unspecified atom stereocenters. The molecule has 1 fully saturated rings. The van der Waals surface area contributed by atoms with Crippen molar-refractivity contribution in [3.63, 3.8) is 0 Å². The van der Waals surface area contributed by atoms with E-state index in [2.05, 4.69) is 6.58 Å². The zero-order chi connectivity index (χ0) is 17.0. The quantitative estimate of drug-likeness (QED) is 0.339. The third-order valence-electron chi connectivity index (χ3n) is 4.80. The van der Waals surface area contributed by atoms with Gasteiger partial charge in [-0.15, -0.1) is 11.6 Å². The van der Waals surface area contributed by atoms with Crippen LogP contribution in [-0.2, 0) is 19.1 Å². The van der Waals surface area contributed by atoms with Gasteiger partial charge in [0.15, 0.2) is 5.41 Å². The zero-order valence-electron chi connectivity index (χ0n) is 13.8. The molecule has 5 heteroatoms. The Morgan fingerprint density at radius 1 is 1.22 bits per heavy atom. The normalized spacial score (nSPS) is 29.3. The van der Waals surface area contributed by atoms with Crippen molar-refractivity contribution in [3.05, 3.63) is 24.3 Å². The van der Waals surface area contributed by atoms with E-state index in [1.807, 2.05) is 12.2 Å². The topological polar surface area (TPSA) is 52.6 Å². The van der Waals surface area contributed by atoms with E-state index in [1.54, 1.807) is 13.8 Å². The Balaban J connectivity index is 2.47. The van der Waals surface area contributed by atoms with Crippen LogP contribution in [0.15, 0.2) is 24.3 Å². The van der Waals surface area contributed by atoms with Gasteiger partial charge in [0.2, 0.25) is 0 Å². The van der Waals surface area contributed by atoms with E-state index >= 15 is 0 Å². The highest BCUT2D eigenvalue weighted by Crippen LogP contribution is 2.52. The van der Waals surface area contributed by atoms with E-state index in [9.17, 15) is 9.59 Å². The largest absolute Gasteiger partial charge is 0.465 e. The van der Waals surface area contributed by atoms with Crippen molar-refractivity contribution in [1.29, 1.82) is 0 Å². The molecule has 0 heterocycles. The lowest BCUT2D eigenvalue weighted by Gasteiger charge is -2.44. The van der Waals surface area contributed by atoms with E-state index in [0.29, 0.717) is 12.8 Å². The van der Waals surface area contributed by atoms with Gasteiger partial charge in [-0.05, 0) is 51.4 Å². The van der Waals surface area contributed by atoms with Crippen LogP contribution in [0.3, 0.4) is 0 Å².